The third-order valence-electron chi connectivity index (χ3n) is 10.7. The third-order valence-corrected chi connectivity index (χ3v) is 16.0. The zero-order chi connectivity index (χ0) is 41.4. The van der Waals surface area contributed by atoms with Gasteiger partial charge in [0.05, 0.1) is 11.0 Å². The molecule has 1 aliphatic rings. The van der Waals surface area contributed by atoms with Crippen molar-refractivity contribution in [1.29, 1.82) is 0 Å². The van der Waals surface area contributed by atoms with Gasteiger partial charge in [0, 0.05) is 46.9 Å². The van der Waals surface area contributed by atoms with Crippen molar-refractivity contribution in [3.63, 3.8) is 0 Å². The molecule has 3 nitrogen and oxygen atoms in total. The number of aryl methyl sites for hydroxylation is 2. The molecule has 0 aliphatic carbocycles. The molecule has 0 spiro atoms. The average molecular weight is 782 g/mol. The molecule has 0 amide bonds. The summed E-state index contributed by atoms with van der Waals surface area (Å²) in [6.07, 6.45) is 1.59. The third kappa shape index (κ3) is 4.96. The second-order valence-electron chi connectivity index (χ2n) is 13.6. The Bertz CT molecular complexity index is 3070. The maximum atomic E-state index is 8.73. The van der Waals surface area contributed by atoms with Gasteiger partial charge in [-0.15, -0.1) is 0 Å². The topological polar surface area (TPSA) is 27.1 Å². The number of hydrogen-bond donors (Lipinski definition) is 0. The summed E-state index contributed by atoms with van der Waals surface area (Å²) >= 11 is 3.65. The number of nitrogens with zero attached hydrogens (tertiary/aromatic N) is 2. The summed E-state index contributed by atoms with van der Waals surface area (Å²) in [4.78, 5) is 5.02. The van der Waals surface area contributed by atoms with Crippen molar-refractivity contribution in [2.24, 2.45) is 0 Å². The summed E-state index contributed by atoms with van der Waals surface area (Å²) < 4.78 is 59.7. The molecule has 0 unspecified atom stereocenters. The van der Waals surface area contributed by atoms with E-state index in [1.54, 1.807) is 24.4 Å². The van der Waals surface area contributed by atoms with E-state index < -0.39 is 21.8 Å². The number of aromatic nitrogens is 2. The number of pyridine rings is 1. The second-order valence-corrected chi connectivity index (χ2v) is 18.2. The molecule has 1 aliphatic heterocycles. The van der Waals surface area contributed by atoms with Gasteiger partial charge in [-0.05, 0) is 81.5 Å². The van der Waals surface area contributed by atoms with Crippen LogP contribution in [0.1, 0.15) is 19.4 Å². The van der Waals surface area contributed by atoms with Crippen LogP contribution >= 0.6 is 15.9 Å². The number of ether oxygens (including phenoxy) is 1. The van der Waals surface area contributed by atoms with Gasteiger partial charge < -0.3 is 4.74 Å². The van der Waals surface area contributed by atoms with E-state index in [1.165, 1.54) is 32.9 Å². The summed E-state index contributed by atoms with van der Waals surface area (Å²) in [7, 11) is -3.12. The Morgan fingerprint density at radius 3 is 2.11 bits per heavy atom. The van der Waals surface area contributed by atoms with E-state index >= 15 is 0 Å². The van der Waals surface area contributed by atoms with Crippen LogP contribution in [0.15, 0.2) is 181 Å². The van der Waals surface area contributed by atoms with Crippen LogP contribution in [0.25, 0.3) is 49.9 Å². The monoisotopic (exact) mass is 780 g/mol. The van der Waals surface area contributed by atoms with Gasteiger partial charge >= 0.3 is 0 Å². The molecule has 5 heteroatoms. The van der Waals surface area contributed by atoms with Crippen molar-refractivity contribution < 1.29 is 13.0 Å². The first-order chi connectivity index (χ1) is 28.9. The smallest absolute Gasteiger partial charge is 0.181 e. The molecule has 0 N–H and O–H groups in total. The normalized spacial score (nSPS) is 15.0. The number of benzene rings is 7. The van der Waals surface area contributed by atoms with E-state index in [1.807, 2.05) is 36.4 Å². The largest absolute Gasteiger partial charge is 0.457 e. The summed E-state index contributed by atoms with van der Waals surface area (Å²) in [6.45, 7) is -4.80. The lowest BCUT2D eigenvalue weighted by Crippen LogP contribution is -2.73. The summed E-state index contributed by atoms with van der Waals surface area (Å²) in [5.74, 6) is 1.78. The SMILES string of the molecule is [2H]C([2H])([2H])c1ccc(-c2cnc(-n3c4ccccc4c4c5c(c(Oc6cccc(Br)c6)cc43)-c3ccccc3[Si]5(c3ccccc3)c3ccccc3)cc2C([2H])([2H])[2H])cc1. The fourth-order valence-electron chi connectivity index (χ4n) is 8.48. The van der Waals surface area contributed by atoms with E-state index in [0.29, 0.717) is 28.4 Å². The summed E-state index contributed by atoms with van der Waals surface area (Å²) in [5.41, 5.74) is 5.11. The van der Waals surface area contributed by atoms with E-state index in [2.05, 4.69) is 124 Å². The first kappa shape index (κ1) is 26.7. The molecule has 0 fully saturated rings. The van der Waals surface area contributed by atoms with Gasteiger partial charge in [-0.1, -0.05) is 155 Å². The van der Waals surface area contributed by atoms with Gasteiger partial charge in [-0.25, -0.2) is 4.98 Å². The van der Waals surface area contributed by atoms with Crippen molar-refractivity contribution in [2.75, 3.05) is 0 Å². The second kappa shape index (κ2) is 12.8. The summed E-state index contributed by atoms with van der Waals surface area (Å²) in [5, 5.41) is 6.99. The van der Waals surface area contributed by atoms with E-state index in [4.69, 9.17) is 17.9 Å². The van der Waals surface area contributed by atoms with Gasteiger partial charge in [0.1, 0.15) is 17.3 Å². The van der Waals surface area contributed by atoms with Gasteiger partial charge in [0.2, 0.25) is 0 Å². The van der Waals surface area contributed by atoms with Gasteiger partial charge in [-0.3, -0.25) is 4.57 Å². The van der Waals surface area contributed by atoms with Gasteiger partial charge in [0.15, 0.2) is 8.07 Å². The van der Waals surface area contributed by atoms with Crippen molar-refractivity contribution in [3.05, 3.63) is 192 Å². The Kier molecular flexibility index (Phi) is 6.35. The molecule has 2 aromatic heterocycles. The Morgan fingerprint density at radius 2 is 1.37 bits per heavy atom. The number of halogens is 1. The van der Waals surface area contributed by atoms with Crippen LogP contribution in [0.5, 0.6) is 11.5 Å². The molecule has 0 atom stereocenters. The molecular formula is C49H35BrN2OSi. The Morgan fingerprint density at radius 1 is 0.648 bits per heavy atom. The molecule has 9 aromatic rings. The molecule has 54 heavy (non-hydrogen) atoms. The predicted molar refractivity (Wildman–Crippen MR) is 230 cm³/mol. The van der Waals surface area contributed by atoms with Crippen molar-refractivity contribution >= 4 is 66.6 Å². The minimum absolute atomic E-state index is 0.108. The van der Waals surface area contributed by atoms with Crippen molar-refractivity contribution in [1.82, 2.24) is 9.55 Å². The molecule has 7 aromatic carbocycles. The zero-order valence-corrected chi connectivity index (χ0v) is 31.5. The number of para-hydroxylation sites is 1. The molecule has 0 saturated heterocycles. The number of rotatable bonds is 6. The quantitative estimate of drug-likeness (QED) is 0.157. The summed E-state index contributed by atoms with van der Waals surface area (Å²) in [6, 6.07) is 56.5. The molecule has 10 rings (SSSR count). The van der Waals surface area contributed by atoms with Gasteiger partial charge in [0.25, 0.3) is 0 Å². The highest BCUT2D eigenvalue weighted by atomic mass is 79.9. The molecule has 0 bridgehead atoms. The first-order valence-electron chi connectivity index (χ1n) is 20.8. The van der Waals surface area contributed by atoms with Crippen LogP contribution in [-0.2, 0) is 0 Å². The highest BCUT2D eigenvalue weighted by Gasteiger charge is 2.51. The molecular weight excluding hydrogens is 741 g/mol. The van der Waals surface area contributed by atoms with Crippen LogP contribution in [-0.4, -0.2) is 17.6 Å². The molecule has 258 valence electrons. The van der Waals surface area contributed by atoms with Crippen LogP contribution in [0.4, 0.5) is 0 Å². The highest BCUT2D eigenvalue weighted by molar-refractivity contribution is 9.10. The van der Waals surface area contributed by atoms with E-state index in [0.717, 1.165) is 37.4 Å². The van der Waals surface area contributed by atoms with Crippen LogP contribution in [0.3, 0.4) is 0 Å². The Labute approximate surface area is 332 Å². The minimum Gasteiger partial charge on any atom is -0.457 e. The van der Waals surface area contributed by atoms with E-state index in [9.17, 15) is 0 Å². The molecule has 0 saturated carbocycles. The predicted octanol–water partition coefficient (Wildman–Crippen LogP) is 10.4. The Balaban J connectivity index is 1.34. The highest BCUT2D eigenvalue weighted by Crippen LogP contribution is 2.44. The lowest BCUT2D eigenvalue weighted by atomic mass is 10.0. The lowest BCUT2D eigenvalue weighted by Gasteiger charge is -2.32. The number of hydrogen-bond acceptors (Lipinski definition) is 2. The molecule has 3 heterocycles. The maximum Gasteiger partial charge on any atom is 0.181 e. The fourth-order valence-corrected chi connectivity index (χ4v) is 14.3. The van der Waals surface area contributed by atoms with Crippen molar-refractivity contribution in [3.8, 4) is 39.6 Å². The maximum absolute atomic E-state index is 8.73. The standard InChI is InChI=1S/C49H35BrN2OSi/c1-32-24-26-34(27-25-32)41-31-51-46(28-33(41)2)52-42-22-11-9-20-39(42)47-43(52)30-44(53-36-15-13-14-35(50)29-36)48-40-21-10-12-23-45(40)54(49(47)48,37-16-5-3-6-17-37)38-18-7-4-8-19-38/h3-31H,1-2H3/i1D3,2D3. The van der Waals surface area contributed by atoms with Crippen LogP contribution < -0.4 is 25.5 Å². The fraction of sp³-hybridized carbons (Fsp3) is 0.0408. The van der Waals surface area contributed by atoms with E-state index in [-0.39, 0.29) is 11.1 Å². The minimum atomic E-state index is -3.12. The van der Waals surface area contributed by atoms with Crippen LogP contribution in [0, 0.1) is 13.7 Å². The first-order valence-corrected chi connectivity index (χ1v) is 20.6. The lowest BCUT2D eigenvalue weighted by molar-refractivity contribution is 0.485. The van der Waals surface area contributed by atoms with Crippen LogP contribution in [0.2, 0.25) is 0 Å². The number of fused-ring (bicyclic) bond motifs is 7. The van der Waals surface area contributed by atoms with Gasteiger partial charge in [-0.2, -0.15) is 0 Å². The average Bonchev–Trinajstić information content (AvgIpc) is 3.75. The zero-order valence-electron chi connectivity index (χ0n) is 34.9. The Hall–Kier alpha value is -6.01. The molecule has 0 radical (unpaired) electrons. The van der Waals surface area contributed by atoms with Crippen molar-refractivity contribution in [2.45, 2.75) is 13.7 Å².